The molecule has 4 rings (SSSR count). The topological polar surface area (TPSA) is 86.5 Å². The minimum Gasteiger partial charge on any atom is -0.486 e. The molecule has 2 aromatic heterocycles. The van der Waals surface area contributed by atoms with Crippen molar-refractivity contribution < 1.29 is 18.8 Å². The van der Waals surface area contributed by atoms with Crippen molar-refractivity contribution >= 4 is 5.91 Å². The zero-order chi connectivity index (χ0) is 17.2. The molecular formula is C18H21N3O4. The SMILES string of the molecule is Cc1ccc(O[C@H]2CCOC[C@H]2NC(=O)c2cc(C3CC3)no2)cn1. The van der Waals surface area contributed by atoms with E-state index in [0.29, 0.717) is 31.3 Å². The second-order valence-corrected chi connectivity index (χ2v) is 6.63. The maximum Gasteiger partial charge on any atom is 0.290 e. The molecule has 25 heavy (non-hydrogen) atoms. The number of nitrogens with zero attached hydrogens (tertiary/aromatic N) is 2. The van der Waals surface area contributed by atoms with Gasteiger partial charge in [0, 0.05) is 24.1 Å². The number of rotatable bonds is 5. The molecule has 1 saturated heterocycles. The number of carbonyl (C=O) groups excluding carboxylic acids is 1. The van der Waals surface area contributed by atoms with Gasteiger partial charge in [-0.2, -0.15) is 0 Å². The minimum absolute atomic E-state index is 0.173. The third-order valence-electron chi connectivity index (χ3n) is 4.53. The second kappa shape index (κ2) is 6.84. The largest absolute Gasteiger partial charge is 0.486 e. The van der Waals surface area contributed by atoms with Crippen LogP contribution in [0, 0.1) is 6.92 Å². The number of hydrogen-bond acceptors (Lipinski definition) is 6. The average molecular weight is 343 g/mol. The van der Waals surface area contributed by atoms with Crippen molar-refractivity contribution in [3.63, 3.8) is 0 Å². The van der Waals surface area contributed by atoms with E-state index in [1.807, 2.05) is 19.1 Å². The van der Waals surface area contributed by atoms with Gasteiger partial charge in [-0.05, 0) is 31.9 Å². The normalized spacial score (nSPS) is 23.2. The van der Waals surface area contributed by atoms with E-state index in [2.05, 4.69) is 15.5 Å². The molecule has 3 heterocycles. The number of aromatic nitrogens is 2. The van der Waals surface area contributed by atoms with Crippen LogP contribution in [0.25, 0.3) is 0 Å². The van der Waals surface area contributed by atoms with Crippen LogP contribution in [0.4, 0.5) is 0 Å². The lowest BCUT2D eigenvalue weighted by Crippen LogP contribution is -2.51. The lowest BCUT2D eigenvalue weighted by molar-refractivity contribution is -0.00342. The molecule has 7 heteroatoms. The Morgan fingerprint density at radius 1 is 1.32 bits per heavy atom. The Bertz CT molecular complexity index is 739. The Balaban J connectivity index is 1.41. The van der Waals surface area contributed by atoms with Gasteiger partial charge >= 0.3 is 0 Å². The number of nitrogens with one attached hydrogen (secondary N) is 1. The molecular weight excluding hydrogens is 322 g/mol. The van der Waals surface area contributed by atoms with Crippen LogP contribution in [0.2, 0.25) is 0 Å². The van der Waals surface area contributed by atoms with Gasteiger partial charge < -0.3 is 19.3 Å². The third kappa shape index (κ3) is 3.82. The van der Waals surface area contributed by atoms with Crippen molar-refractivity contribution in [2.75, 3.05) is 13.2 Å². The molecule has 2 aromatic rings. The van der Waals surface area contributed by atoms with Crippen molar-refractivity contribution in [2.45, 2.75) is 44.2 Å². The zero-order valence-electron chi connectivity index (χ0n) is 14.1. The number of ether oxygens (including phenoxy) is 2. The summed E-state index contributed by atoms with van der Waals surface area (Å²) in [5.74, 6) is 1.09. The Morgan fingerprint density at radius 3 is 2.96 bits per heavy atom. The Morgan fingerprint density at radius 2 is 2.20 bits per heavy atom. The van der Waals surface area contributed by atoms with Crippen LogP contribution < -0.4 is 10.1 Å². The summed E-state index contributed by atoms with van der Waals surface area (Å²) in [7, 11) is 0. The fourth-order valence-corrected chi connectivity index (χ4v) is 2.90. The van der Waals surface area contributed by atoms with Crippen LogP contribution >= 0.6 is 0 Å². The highest BCUT2D eigenvalue weighted by Crippen LogP contribution is 2.39. The van der Waals surface area contributed by atoms with Gasteiger partial charge in [-0.25, -0.2) is 0 Å². The van der Waals surface area contributed by atoms with Crippen LogP contribution in [0.5, 0.6) is 5.75 Å². The quantitative estimate of drug-likeness (QED) is 0.896. The molecule has 2 fully saturated rings. The zero-order valence-corrected chi connectivity index (χ0v) is 14.1. The van der Waals surface area contributed by atoms with E-state index in [-0.39, 0.29) is 23.8 Å². The van der Waals surface area contributed by atoms with Crippen LogP contribution in [0.1, 0.15) is 47.1 Å². The molecule has 1 amide bonds. The molecule has 132 valence electrons. The lowest BCUT2D eigenvalue weighted by atomic mass is 10.1. The van der Waals surface area contributed by atoms with Gasteiger partial charge in [0.25, 0.3) is 5.91 Å². The first-order chi connectivity index (χ1) is 12.2. The summed E-state index contributed by atoms with van der Waals surface area (Å²) in [6.07, 6.45) is 4.45. The fourth-order valence-electron chi connectivity index (χ4n) is 2.90. The summed E-state index contributed by atoms with van der Waals surface area (Å²) in [5, 5.41) is 6.93. The van der Waals surface area contributed by atoms with Crippen molar-refractivity contribution in [1.82, 2.24) is 15.5 Å². The van der Waals surface area contributed by atoms with Gasteiger partial charge in [-0.15, -0.1) is 0 Å². The van der Waals surface area contributed by atoms with Gasteiger partial charge in [0.15, 0.2) is 0 Å². The molecule has 0 bridgehead atoms. The monoisotopic (exact) mass is 343 g/mol. The molecule has 2 atom stereocenters. The summed E-state index contributed by atoms with van der Waals surface area (Å²) >= 11 is 0. The number of aryl methyl sites for hydroxylation is 1. The Kier molecular flexibility index (Phi) is 4.40. The van der Waals surface area contributed by atoms with Crippen molar-refractivity contribution in [2.24, 2.45) is 0 Å². The number of pyridine rings is 1. The fraction of sp³-hybridized carbons (Fsp3) is 0.500. The highest BCUT2D eigenvalue weighted by Gasteiger charge is 2.32. The first kappa shape index (κ1) is 16.1. The molecule has 0 spiro atoms. The predicted octanol–water partition coefficient (Wildman–Crippen LogP) is 2.22. The summed E-state index contributed by atoms with van der Waals surface area (Å²) in [6, 6.07) is 5.26. The van der Waals surface area contributed by atoms with Crippen LogP contribution in [0.3, 0.4) is 0 Å². The maximum atomic E-state index is 12.4. The average Bonchev–Trinajstić information content (AvgIpc) is 3.35. The molecule has 1 saturated carbocycles. The highest BCUT2D eigenvalue weighted by atomic mass is 16.5. The number of hydrogen-bond donors (Lipinski definition) is 1. The van der Waals surface area contributed by atoms with Gasteiger partial charge in [0.2, 0.25) is 5.76 Å². The first-order valence-corrected chi connectivity index (χ1v) is 8.63. The predicted molar refractivity (Wildman–Crippen MR) is 88.6 cm³/mol. The van der Waals surface area contributed by atoms with E-state index < -0.39 is 0 Å². The summed E-state index contributed by atoms with van der Waals surface area (Å²) in [5.41, 5.74) is 1.80. The molecule has 0 unspecified atom stereocenters. The second-order valence-electron chi connectivity index (χ2n) is 6.63. The summed E-state index contributed by atoms with van der Waals surface area (Å²) in [6.45, 7) is 2.93. The van der Waals surface area contributed by atoms with Crippen molar-refractivity contribution in [1.29, 1.82) is 0 Å². The van der Waals surface area contributed by atoms with E-state index in [1.54, 1.807) is 12.3 Å². The highest BCUT2D eigenvalue weighted by molar-refractivity contribution is 5.91. The minimum atomic E-state index is -0.287. The molecule has 1 N–H and O–H groups in total. The molecule has 1 aliphatic heterocycles. The number of carbonyl (C=O) groups is 1. The standard InChI is InChI=1S/C18H21N3O4/c1-11-2-5-13(9-19-11)24-16-6-7-23-10-15(16)20-18(22)17-8-14(21-25-17)12-3-4-12/h2,5,8-9,12,15-16H,3-4,6-7,10H2,1H3,(H,20,22)/t15-,16+/m1/s1. The van der Waals surface area contributed by atoms with Crippen molar-refractivity contribution in [3.05, 3.63) is 41.5 Å². The van der Waals surface area contributed by atoms with Gasteiger partial charge in [-0.3, -0.25) is 9.78 Å². The Labute approximate surface area is 145 Å². The summed E-state index contributed by atoms with van der Waals surface area (Å²) in [4.78, 5) is 16.7. The van der Waals surface area contributed by atoms with E-state index in [0.717, 1.165) is 24.2 Å². The third-order valence-corrected chi connectivity index (χ3v) is 4.53. The smallest absolute Gasteiger partial charge is 0.290 e. The van der Waals surface area contributed by atoms with Gasteiger partial charge in [-0.1, -0.05) is 5.16 Å². The molecule has 7 nitrogen and oxygen atoms in total. The van der Waals surface area contributed by atoms with Gasteiger partial charge in [0.1, 0.15) is 11.9 Å². The Hall–Kier alpha value is -2.41. The van der Waals surface area contributed by atoms with Crippen LogP contribution in [-0.2, 0) is 4.74 Å². The van der Waals surface area contributed by atoms with E-state index >= 15 is 0 Å². The number of amides is 1. The molecule has 0 aromatic carbocycles. The van der Waals surface area contributed by atoms with E-state index in [4.69, 9.17) is 14.0 Å². The molecule has 0 radical (unpaired) electrons. The van der Waals surface area contributed by atoms with E-state index in [9.17, 15) is 4.79 Å². The first-order valence-electron chi connectivity index (χ1n) is 8.63. The van der Waals surface area contributed by atoms with E-state index in [1.165, 1.54) is 0 Å². The van der Waals surface area contributed by atoms with Gasteiger partial charge in [0.05, 0.1) is 31.1 Å². The van der Waals surface area contributed by atoms with Crippen LogP contribution in [-0.4, -0.2) is 41.4 Å². The molecule has 1 aliphatic carbocycles. The van der Waals surface area contributed by atoms with Crippen LogP contribution in [0.15, 0.2) is 28.9 Å². The lowest BCUT2D eigenvalue weighted by Gasteiger charge is -2.32. The molecule has 2 aliphatic rings. The maximum absolute atomic E-state index is 12.4. The van der Waals surface area contributed by atoms with Crippen molar-refractivity contribution in [3.8, 4) is 5.75 Å². The summed E-state index contributed by atoms with van der Waals surface area (Å²) < 4.78 is 16.7.